The molecule has 140 valence electrons. The van der Waals surface area contributed by atoms with Crippen molar-refractivity contribution in [3.63, 3.8) is 0 Å². The monoisotopic (exact) mass is 349 g/mol. The summed E-state index contributed by atoms with van der Waals surface area (Å²) in [6.07, 6.45) is 16.6. The van der Waals surface area contributed by atoms with Crippen molar-refractivity contribution in [2.45, 2.75) is 84.5 Å². The lowest BCUT2D eigenvalue weighted by Gasteiger charge is -2.29. The molecule has 0 radical (unpaired) electrons. The number of quaternary nitrogens is 1. The van der Waals surface area contributed by atoms with Crippen molar-refractivity contribution < 1.29 is 17.9 Å². The third-order valence-corrected chi connectivity index (χ3v) is 4.68. The van der Waals surface area contributed by atoms with Gasteiger partial charge in [-0.2, -0.15) is 0 Å². The second-order valence-electron chi connectivity index (χ2n) is 7.05. The van der Waals surface area contributed by atoms with Gasteiger partial charge < -0.3 is 9.45 Å². The molecule has 2 unspecified atom stereocenters. The molecule has 0 spiro atoms. The van der Waals surface area contributed by atoms with E-state index in [0.29, 0.717) is 6.26 Å². The Morgan fingerprint density at radius 3 is 2.04 bits per heavy atom. The SMILES string of the molecule is CCCCCCCCCC[NH+]1CCCC(CC)C1.CS(=O)(=O)[O-]. The highest BCUT2D eigenvalue weighted by molar-refractivity contribution is 7.84. The van der Waals surface area contributed by atoms with Gasteiger partial charge in [0.05, 0.1) is 29.8 Å². The summed E-state index contributed by atoms with van der Waals surface area (Å²) < 4.78 is 27.2. The number of unbranched alkanes of at least 4 members (excludes halogenated alkanes) is 7. The van der Waals surface area contributed by atoms with Gasteiger partial charge in [0.1, 0.15) is 0 Å². The number of nitrogens with one attached hydrogen (secondary N) is 1. The van der Waals surface area contributed by atoms with Gasteiger partial charge in [-0.15, -0.1) is 0 Å². The minimum absolute atomic E-state index is 0.604. The molecule has 0 aliphatic carbocycles. The van der Waals surface area contributed by atoms with Gasteiger partial charge in [-0.05, 0) is 32.1 Å². The third kappa shape index (κ3) is 18.1. The van der Waals surface area contributed by atoms with Crippen LogP contribution in [-0.2, 0) is 10.1 Å². The molecule has 5 heteroatoms. The van der Waals surface area contributed by atoms with Gasteiger partial charge in [0.2, 0.25) is 0 Å². The van der Waals surface area contributed by atoms with E-state index in [4.69, 9.17) is 13.0 Å². The summed E-state index contributed by atoms with van der Waals surface area (Å²) in [5, 5.41) is 0. The van der Waals surface area contributed by atoms with Crippen LogP contribution < -0.4 is 4.90 Å². The van der Waals surface area contributed by atoms with E-state index >= 15 is 0 Å². The van der Waals surface area contributed by atoms with E-state index in [2.05, 4.69) is 13.8 Å². The van der Waals surface area contributed by atoms with Crippen LogP contribution in [0.1, 0.15) is 84.5 Å². The molecular formula is C18H39NO3S. The molecule has 4 nitrogen and oxygen atoms in total. The minimum atomic E-state index is -3.92. The maximum Gasteiger partial charge on any atom is 0.0916 e. The van der Waals surface area contributed by atoms with E-state index in [-0.39, 0.29) is 0 Å². The lowest BCUT2D eigenvalue weighted by atomic mass is 9.95. The third-order valence-electron chi connectivity index (χ3n) is 4.68. The molecule has 1 heterocycles. The summed E-state index contributed by atoms with van der Waals surface area (Å²) in [5.74, 6) is 1.03. The minimum Gasteiger partial charge on any atom is -0.748 e. The first kappa shape index (κ1) is 22.9. The van der Waals surface area contributed by atoms with Crippen LogP contribution in [0.4, 0.5) is 0 Å². The average Bonchev–Trinajstić information content (AvgIpc) is 2.48. The maximum atomic E-state index is 9.08. The average molecular weight is 350 g/mol. The van der Waals surface area contributed by atoms with Gasteiger partial charge in [0.15, 0.2) is 0 Å². The van der Waals surface area contributed by atoms with E-state index in [1.165, 1.54) is 90.3 Å². The summed E-state index contributed by atoms with van der Waals surface area (Å²) in [4.78, 5) is 1.90. The molecule has 0 aromatic rings. The quantitative estimate of drug-likeness (QED) is 0.487. The first-order valence-electron chi connectivity index (χ1n) is 9.61. The van der Waals surface area contributed by atoms with E-state index in [9.17, 15) is 0 Å². The molecule has 1 aliphatic rings. The molecule has 0 aromatic carbocycles. The fraction of sp³-hybridized carbons (Fsp3) is 1.00. The zero-order valence-corrected chi connectivity index (χ0v) is 16.4. The highest BCUT2D eigenvalue weighted by Gasteiger charge is 2.20. The maximum absolute atomic E-state index is 9.08. The van der Waals surface area contributed by atoms with Crippen molar-refractivity contribution in [1.29, 1.82) is 0 Å². The molecule has 1 rings (SSSR count). The molecule has 0 bridgehead atoms. The fourth-order valence-corrected chi connectivity index (χ4v) is 3.34. The molecular weight excluding hydrogens is 310 g/mol. The molecule has 1 fully saturated rings. The van der Waals surface area contributed by atoms with Crippen molar-refractivity contribution >= 4 is 10.1 Å². The highest BCUT2D eigenvalue weighted by Crippen LogP contribution is 2.11. The lowest BCUT2D eigenvalue weighted by Crippen LogP contribution is -3.13. The van der Waals surface area contributed by atoms with Crippen molar-refractivity contribution in [3.05, 3.63) is 0 Å². The Labute approximate surface area is 144 Å². The van der Waals surface area contributed by atoms with Crippen molar-refractivity contribution in [2.24, 2.45) is 5.92 Å². The summed E-state index contributed by atoms with van der Waals surface area (Å²) >= 11 is 0. The molecule has 2 atom stereocenters. The van der Waals surface area contributed by atoms with E-state index in [0.717, 1.165) is 5.92 Å². The molecule has 0 amide bonds. The van der Waals surface area contributed by atoms with Crippen LogP contribution in [0, 0.1) is 5.92 Å². The molecule has 1 saturated heterocycles. The fourth-order valence-electron chi connectivity index (χ4n) is 3.34. The summed E-state index contributed by atoms with van der Waals surface area (Å²) in [5.41, 5.74) is 0. The molecule has 0 saturated carbocycles. The smallest absolute Gasteiger partial charge is 0.0916 e. The normalized spacial score (nSPS) is 21.6. The standard InChI is InChI=1S/C17H35N.CH4O3S/c1-3-5-6-7-8-9-10-11-14-18-15-12-13-17(4-2)16-18;1-5(2,3)4/h17H,3-16H2,1-2H3;1H3,(H,2,3,4). The number of piperidine rings is 1. The molecule has 23 heavy (non-hydrogen) atoms. The second-order valence-corrected chi connectivity index (χ2v) is 8.46. The molecule has 1 N–H and O–H groups in total. The van der Waals surface area contributed by atoms with Gasteiger partial charge in [0, 0.05) is 12.2 Å². The number of likely N-dealkylation sites (tertiary alicyclic amines) is 1. The van der Waals surface area contributed by atoms with E-state index < -0.39 is 10.1 Å². The second kappa shape index (κ2) is 14.2. The van der Waals surface area contributed by atoms with Gasteiger partial charge in [-0.25, -0.2) is 8.42 Å². The van der Waals surface area contributed by atoms with Crippen molar-refractivity contribution in [1.82, 2.24) is 0 Å². The van der Waals surface area contributed by atoms with Crippen LogP contribution >= 0.6 is 0 Å². The summed E-state index contributed by atoms with van der Waals surface area (Å²) in [6.45, 7) is 9.03. The molecule has 0 aromatic heterocycles. The van der Waals surface area contributed by atoms with E-state index in [1.807, 2.05) is 4.90 Å². The van der Waals surface area contributed by atoms with Gasteiger partial charge in [-0.1, -0.05) is 52.4 Å². The number of hydrogen-bond acceptors (Lipinski definition) is 3. The van der Waals surface area contributed by atoms with Gasteiger partial charge in [-0.3, -0.25) is 0 Å². The summed E-state index contributed by atoms with van der Waals surface area (Å²) in [6, 6.07) is 0. The van der Waals surface area contributed by atoms with Crippen LogP contribution in [0.15, 0.2) is 0 Å². The zero-order chi connectivity index (χ0) is 17.6. The van der Waals surface area contributed by atoms with Crippen LogP contribution in [-0.4, -0.2) is 38.9 Å². The predicted molar refractivity (Wildman–Crippen MR) is 96.8 cm³/mol. The van der Waals surface area contributed by atoms with Gasteiger partial charge >= 0.3 is 0 Å². The first-order chi connectivity index (χ1) is 10.9. The topological polar surface area (TPSA) is 61.6 Å². The lowest BCUT2D eigenvalue weighted by molar-refractivity contribution is -0.909. The van der Waals surface area contributed by atoms with Crippen LogP contribution in [0.5, 0.6) is 0 Å². The van der Waals surface area contributed by atoms with Gasteiger partial charge in [0.25, 0.3) is 0 Å². The van der Waals surface area contributed by atoms with Crippen LogP contribution in [0.2, 0.25) is 0 Å². The Hall–Kier alpha value is -0.130. The zero-order valence-electron chi connectivity index (χ0n) is 15.6. The van der Waals surface area contributed by atoms with Crippen LogP contribution in [0.3, 0.4) is 0 Å². The summed E-state index contributed by atoms with van der Waals surface area (Å²) in [7, 11) is -3.92. The largest absolute Gasteiger partial charge is 0.748 e. The Morgan fingerprint density at radius 1 is 1.00 bits per heavy atom. The predicted octanol–water partition coefficient (Wildman–Crippen LogP) is 2.99. The van der Waals surface area contributed by atoms with Crippen molar-refractivity contribution in [2.75, 3.05) is 25.9 Å². The van der Waals surface area contributed by atoms with E-state index in [1.54, 1.807) is 0 Å². The van der Waals surface area contributed by atoms with Crippen LogP contribution in [0.25, 0.3) is 0 Å². The van der Waals surface area contributed by atoms with Crippen molar-refractivity contribution in [3.8, 4) is 0 Å². The molecule has 1 aliphatic heterocycles. The highest BCUT2D eigenvalue weighted by atomic mass is 32.2. The number of hydrogen-bond donors (Lipinski definition) is 1. The Balaban J connectivity index is 0.000000841. The Bertz CT molecular complexity index is 349. The Morgan fingerprint density at radius 2 is 1.52 bits per heavy atom. The first-order valence-corrected chi connectivity index (χ1v) is 11.4. The number of rotatable bonds is 10. The Kier molecular flexibility index (Phi) is 14.2.